The first-order chi connectivity index (χ1) is 12.8. The number of alkyl halides is 3. The number of primary amides is 1. The van der Waals surface area contributed by atoms with Crippen LogP contribution in [0, 0.1) is 11.3 Å². The van der Waals surface area contributed by atoms with Gasteiger partial charge in [-0.05, 0) is 24.3 Å². The van der Waals surface area contributed by atoms with Gasteiger partial charge < -0.3 is 15.4 Å². The number of hydrogen-bond acceptors (Lipinski definition) is 5. The number of amides is 1. The molecular formula is C18H15F3N4O2. The van der Waals surface area contributed by atoms with Crippen LogP contribution in [0.2, 0.25) is 0 Å². The molecule has 1 saturated heterocycles. The van der Waals surface area contributed by atoms with Gasteiger partial charge in [-0.2, -0.15) is 18.4 Å². The van der Waals surface area contributed by atoms with Crippen LogP contribution in [-0.4, -0.2) is 30.1 Å². The number of ether oxygens (including phenoxy) is 1. The van der Waals surface area contributed by atoms with Crippen LogP contribution >= 0.6 is 0 Å². The van der Waals surface area contributed by atoms with Crippen molar-refractivity contribution in [3.63, 3.8) is 0 Å². The van der Waals surface area contributed by atoms with Crippen LogP contribution < -0.4 is 15.4 Å². The van der Waals surface area contributed by atoms with Crippen LogP contribution in [0.25, 0.3) is 0 Å². The normalized spacial score (nSPS) is 16.8. The molecule has 1 aliphatic heterocycles. The number of rotatable bonds is 4. The van der Waals surface area contributed by atoms with Gasteiger partial charge in [-0.15, -0.1) is 0 Å². The van der Waals surface area contributed by atoms with E-state index in [-0.39, 0.29) is 17.5 Å². The Kier molecular flexibility index (Phi) is 4.90. The van der Waals surface area contributed by atoms with E-state index in [1.54, 1.807) is 12.1 Å². The molecule has 1 atom stereocenters. The second-order valence-corrected chi connectivity index (χ2v) is 6.07. The van der Waals surface area contributed by atoms with Crippen molar-refractivity contribution in [1.82, 2.24) is 4.98 Å². The minimum absolute atomic E-state index is 0.102. The highest BCUT2D eigenvalue weighted by molar-refractivity contribution is 5.99. The van der Waals surface area contributed by atoms with Crippen LogP contribution in [0.4, 0.5) is 18.9 Å². The molecule has 1 fully saturated rings. The quantitative estimate of drug-likeness (QED) is 0.886. The van der Waals surface area contributed by atoms with Crippen LogP contribution in [0.15, 0.2) is 36.5 Å². The molecule has 3 rings (SSSR count). The average molecular weight is 376 g/mol. The van der Waals surface area contributed by atoms with Crippen molar-refractivity contribution in [1.29, 1.82) is 5.26 Å². The summed E-state index contributed by atoms with van der Waals surface area (Å²) in [5.74, 6) is -0.541. The molecule has 1 aromatic carbocycles. The zero-order valence-corrected chi connectivity index (χ0v) is 14.0. The number of carbonyl (C=O) groups is 1. The molecule has 0 bridgehead atoms. The Labute approximate surface area is 153 Å². The van der Waals surface area contributed by atoms with Gasteiger partial charge in [0.15, 0.2) is 0 Å². The number of benzene rings is 1. The third kappa shape index (κ3) is 4.11. The summed E-state index contributed by atoms with van der Waals surface area (Å²) in [6, 6.07) is 8.73. The molecule has 0 radical (unpaired) electrons. The van der Waals surface area contributed by atoms with Crippen molar-refractivity contribution in [2.45, 2.75) is 18.7 Å². The molecule has 2 heterocycles. The highest BCUT2D eigenvalue weighted by atomic mass is 19.4. The number of nitriles is 1. The summed E-state index contributed by atoms with van der Waals surface area (Å²) in [4.78, 5) is 17.3. The Morgan fingerprint density at radius 3 is 2.70 bits per heavy atom. The zero-order chi connectivity index (χ0) is 19.6. The van der Waals surface area contributed by atoms with Gasteiger partial charge in [0.25, 0.3) is 5.91 Å². The van der Waals surface area contributed by atoms with Crippen molar-refractivity contribution in [2.24, 2.45) is 5.73 Å². The van der Waals surface area contributed by atoms with E-state index in [4.69, 9.17) is 15.7 Å². The molecule has 1 amide bonds. The van der Waals surface area contributed by atoms with E-state index in [1.807, 2.05) is 11.0 Å². The van der Waals surface area contributed by atoms with Gasteiger partial charge in [-0.3, -0.25) is 4.79 Å². The fraction of sp³-hybridized carbons (Fsp3) is 0.278. The second kappa shape index (κ2) is 7.15. The largest absolute Gasteiger partial charge is 0.472 e. The first kappa shape index (κ1) is 18.5. The second-order valence-electron chi connectivity index (χ2n) is 6.07. The molecule has 0 saturated carbocycles. The molecule has 9 heteroatoms. The van der Waals surface area contributed by atoms with Gasteiger partial charge in [0.1, 0.15) is 6.10 Å². The summed E-state index contributed by atoms with van der Waals surface area (Å²) >= 11 is 0. The van der Waals surface area contributed by atoms with Gasteiger partial charge in [-0.25, -0.2) is 4.98 Å². The Hall–Kier alpha value is -3.28. The Morgan fingerprint density at radius 2 is 2.11 bits per heavy atom. The molecule has 140 valence electrons. The molecule has 0 unspecified atom stereocenters. The van der Waals surface area contributed by atoms with E-state index < -0.39 is 17.6 Å². The summed E-state index contributed by atoms with van der Waals surface area (Å²) < 4.78 is 43.4. The number of nitrogens with zero attached hydrogens (tertiary/aromatic N) is 3. The van der Waals surface area contributed by atoms with Gasteiger partial charge >= 0.3 is 6.18 Å². The van der Waals surface area contributed by atoms with Crippen LogP contribution in [0.1, 0.15) is 27.9 Å². The average Bonchev–Trinajstić information content (AvgIpc) is 3.09. The highest BCUT2D eigenvalue weighted by Gasteiger charge is 2.31. The first-order valence-electron chi connectivity index (χ1n) is 8.06. The lowest BCUT2D eigenvalue weighted by molar-refractivity contribution is -0.137. The summed E-state index contributed by atoms with van der Waals surface area (Å²) in [7, 11) is 0. The molecule has 2 N–H and O–H groups in total. The van der Waals surface area contributed by atoms with Crippen LogP contribution in [0.3, 0.4) is 0 Å². The van der Waals surface area contributed by atoms with Crippen molar-refractivity contribution in [3.05, 3.63) is 53.2 Å². The highest BCUT2D eigenvalue weighted by Crippen LogP contribution is 2.30. The van der Waals surface area contributed by atoms with E-state index >= 15 is 0 Å². The summed E-state index contributed by atoms with van der Waals surface area (Å²) in [6.45, 7) is 0.979. The van der Waals surface area contributed by atoms with Crippen molar-refractivity contribution < 1.29 is 22.7 Å². The Morgan fingerprint density at radius 1 is 1.33 bits per heavy atom. The van der Waals surface area contributed by atoms with E-state index in [0.717, 1.165) is 12.3 Å². The molecule has 1 aromatic heterocycles. The fourth-order valence-electron chi connectivity index (χ4n) is 2.91. The number of aromatic nitrogens is 1. The fourth-order valence-corrected chi connectivity index (χ4v) is 2.91. The van der Waals surface area contributed by atoms with E-state index in [9.17, 15) is 18.0 Å². The predicted octanol–water partition coefficient (Wildman–Crippen LogP) is 2.73. The van der Waals surface area contributed by atoms with E-state index in [0.29, 0.717) is 30.8 Å². The molecule has 2 aromatic rings. The lowest BCUT2D eigenvalue weighted by Crippen LogP contribution is -2.27. The van der Waals surface area contributed by atoms with Crippen molar-refractivity contribution >= 4 is 11.6 Å². The Bertz CT molecular complexity index is 891. The van der Waals surface area contributed by atoms with Crippen molar-refractivity contribution in [3.8, 4) is 11.9 Å². The molecule has 6 nitrogen and oxygen atoms in total. The minimum Gasteiger partial charge on any atom is -0.472 e. The van der Waals surface area contributed by atoms with Gasteiger partial charge in [0.2, 0.25) is 5.88 Å². The van der Waals surface area contributed by atoms with E-state index in [2.05, 4.69) is 4.98 Å². The molecular weight excluding hydrogens is 361 g/mol. The lowest BCUT2D eigenvalue weighted by atomic mass is 10.1. The third-order valence-corrected chi connectivity index (χ3v) is 4.23. The standard InChI is InChI=1S/C18H15F3N4O2/c19-18(20,21)12-2-4-16(24-9-12)27-13-5-6-25(10-13)15-3-1-11(8-22)7-14(15)17(23)26/h1-4,7,9,13H,5-6,10H2,(H2,23,26)/t13-/m0/s1. The molecule has 1 aliphatic rings. The Balaban J connectivity index is 1.71. The predicted molar refractivity (Wildman–Crippen MR) is 90.2 cm³/mol. The maximum absolute atomic E-state index is 12.6. The third-order valence-electron chi connectivity index (χ3n) is 4.23. The topological polar surface area (TPSA) is 92.2 Å². The maximum atomic E-state index is 12.6. The molecule has 27 heavy (non-hydrogen) atoms. The number of anilines is 1. The monoisotopic (exact) mass is 376 g/mol. The maximum Gasteiger partial charge on any atom is 0.417 e. The number of hydrogen-bond donors (Lipinski definition) is 1. The zero-order valence-electron chi connectivity index (χ0n) is 14.0. The number of nitrogens with two attached hydrogens (primary N) is 1. The lowest BCUT2D eigenvalue weighted by Gasteiger charge is -2.21. The van der Waals surface area contributed by atoms with Crippen molar-refractivity contribution in [2.75, 3.05) is 18.0 Å². The number of pyridine rings is 1. The molecule has 0 spiro atoms. The smallest absolute Gasteiger partial charge is 0.417 e. The summed E-state index contributed by atoms with van der Waals surface area (Å²) in [6.07, 6.45) is -3.42. The van der Waals surface area contributed by atoms with Crippen LogP contribution in [0.5, 0.6) is 5.88 Å². The number of halogens is 3. The summed E-state index contributed by atoms with van der Waals surface area (Å²) in [5, 5.41) is 8.96. The minimum atomic E-state index is -4.45. The number of carbonyl (C=O) groups excluding carboxylic acids is 1. The van der Waals surface area contributed by atoms with Gasteiger partial charge in [-0.1, -0.05) is 0 Å². The SMILES string of the molecule is N#Cc1ccc(N2CC[C@H](Oc3ccc(C(F)(F)F)cn3)C2)c(C(N)=O)c1. The van der Waals surface area contributed by atoms with Crippen LogP contribution in [-0.2, 0) is 6.18 Å². The van der Waals surface area contributed by atoms with E-state index in [1.165, 1.54) is 12.1 Å². The first-order valence-corrected chi connectivity index (χ1v) is 8.06. The molecule has 0 aliphatic carbocycles. The summed E-state index contributed by atoms with van der Waals surface area (Å²) in [5.41, 5.74) is 5.72. The van der Waals surface area contributed by atoms with Gasteiger partial charge in [0.05, 0.1) is 29.3 Å². The van der Waals surface area contributed by atoms with Gasteiger partial charge in [0, 0.05) is 30.9 Å².